The summed E-state index contributed by atoms with van der Waals surface area (Å²) in [5.41, 5.74) is -0.407. The number of nitrogens with one attached hydrogen (secondary N) is 1. The van der Waals surface area contributed by atoms with Crippen LogP contribution in [0.2, 0.25) is 0 Å². The van der Waals surface area contributed by atoms with Crippen molar-refractivity contribution in [1.82, 2.24) is 15.4 Å². The van der Waals surface area contributed by atoms with Crippen LogP contribution in [0.25, 0.3) is 11.5 Å². The topological polar surface area (TPSA) is 97.8 Å². The summed E-state index contributed by atoms with van der Waals surface area (Å²) in [6, 6.07) is 4.69. The van der Waals surface area contributed by atoms with Crippen molar-refractivity contribution >= 4 is 12.0 Å². The van der Waals surface area contributed by atoms with Crippen LogP contribution in [0.4, 0.5) is 4.79 Å². The quantitative estimate of drug-likeness (QED) is 0.891. The van der Waals surface area contributed by atoms with Crippen LogP contribution < -0.4 is 5.32 Å². The Morgan fingerprint density at radius 2 is 2.08 bits per heavy atom. The van der Waals surface area contributed by atoms with E-state index in [-0.39, 0.29) is 24.2 Å². The van der Waals surface area contributed by atoms with Crippen LogP contribution in [-0.2, 0) is 4.74 Å². The van der Waals surface area contributed by atoms with Gasteiger partial charge >= 0.3 is 6.09 Å². The molecule has 0 unspecified atom stereocenters. The molecule has 0 saturated heterocycles. The lowest BCUT2D eigenvalue weighted by atomic mass is 10.2. The molecule has 8 nitrogen and oxygen atoms in total. The van der Waals surface area contributed by atoms with Gasteiger partial charge in [-0.15, -0.1) is 0 Å². The zero-order valence-electron chi connectivity index (χ0n) is 15.0. The molecule has 0 spiro atoms. The zero-order valence-corrected chi connectivity index (χ0v) is 15.0. The lowest BCUT2D eigenvalue weighted by molar-refractivity contribution is 0.0500. The maximum atomic E-state index is 12.5. The molecule has 0 saturated carbocycles. The van der Waals surface area contributed by atoms with Gasteiger partial charge in [-0.25, -0.2) is 4.79 Å². The standard InChI is InChI=1S/C17H23N3O5/c1-11(10-18-16(22)24-17(2,3)4)20(5)15(21)12-9-14(25-19-12)13-7-6-8-23-13/h6-9,11H,10H2,1-5H3,(H,18,22)/t11-/m0/s1. The van der Waals surface area contributed by atoms with Gasteiger partial charge in [-0.05, 0) is 39.8 Å². The normalized spacial score (nSPS) is 12.5. The van der Waals surface area contributed by atoms with Crippen molar-refractivity contribution in [3.05, 3.63) is 30.2 Å². The van der Waals surface area contributed by atoms with Crippen LogP contribution >= 0.6 is 0 Å². The van der Waals surface area contributed by atoms with Gasteiger partial charge in [-0.2, -0.15) is 0 Å². The Kier molecular flexibility index (Phi) is 5.51. The van der Waals surface area contributed by atoms with Gasteiger partial charge in [0.05, 0.1) is 6.26 Å². The van der Waals surface area contributed by atoms with E-state index in [9.17, 15) is 9.59 Å². The van der Waals surface area contributed by atoms with Crippen molar-refractivity contribution in [2.24, 2.45) is 0 Å². The fraction of sp³-hybridized carbons (Fsp3) is 0.471. The molecule has 2 rings (SSSR count). The van der Waals surface area contributed by atoms with E-state index in [0.717, 1.165) is 0 Å². The number of rotatable bonds is 5. The Hall–Kier alpha value is -2.77. The highest BCUT2D eigenvalue weighted by Gasteiger charge is 2.23. The van der Waals surface area contributed by atoms with Crippen molar-refractivity contribution in [3.63, 3.8) is 0 Å². The Morgan fingerprint density at radius 1 is 1.36 bits per heavy atom. The summed E-state index contributed by atoms with van der Waals surface area (Å²) in [6.07, 6.45) is 0.984. The first-order valence-electron chi connectivity index (χ1n) is 7.92. The number of aromatic nitrogens is 1. The number of carbonyl (C=O) groups excluding carboxylic acids is 2. The summed E-state index contributed by atoms with van der Waals surface area (Å²) in [4.78, 5) is 25.6. The average Bonchev–Trinajstić information content (AvgIpc) is 3.19. The number of alkyl carbamates (subject to hydrolysis) is 1. The predicted octanol–water partition coefficient (Wildman–Crippen LogP) is 2.92. The van der Waals surface area contributed by atoms with Gasteiger partial charge in [0, 0.05) is 25.7 Å². The highest BCUT2D eigenvalue weighted by Crippen LogP contribution is 2.21. The molecule has 1 atom stereocenters. The molecule has 2 aromatic heterocycles. The minimum absolute atomic E-state index is 0.165. The number of nitrogens with zero attached hydrogens (tertiary/aromatic N) is 2. The molecule has 0 aliphatic rings. The molecule has 1 N–H and O–H groups in total. The smallest absolute Gasteiger partial charge is 0.407 e. The predicted molar refractivity (Wildman–Crippen MR) is 90.0 cm³/mol. The maximum absolute atomic E-state index is 12.5. The summed E-state index contributed by atoms with van der Waals surface area (Å²) in [5, 5.41) is 6.42. The largest absolute Gasteiger partial charge is 0.461 e. The Labute approximate surface area is 146 Å². The molecular formula is C17H23N3O5. The summed E-state index contributed by atoms with van der Waals surface area (Å²) >= 11 is 0. The summed E-state index contributed by atoms with van der Waals surface area (Å²) in [6.45, 7) is 7.41. The van der Waals surface area contributed by atoms with Crippen molar-refractivity contribution in [2.45, 2.75) is 39.3 Å². The third kappa shape index (κ3) is 5.10. The highest BCUT2D eigenvalue weighted by atomic mass is 16.6. The van der Waals surface area contributed by atoms with E-state index >= 15 is 0 Å². The molecule has 2 heterocycles. The number of carbonyl (C=O) groups is 2. The molecule has 0 fully saturated rings. The SMILES string of the molecule is C[C@@H](CNC(=O)OC(C)(C)C)N(C)C(=O)c1cc(-c2ccco2)on1. The Morgan fingerprint density at radius 3 is 2.68 bits per heavy atom. The van der Waals surface area contributed by atoms with Crippen LogP contribution in [0.1, 0.15) is 38.2 Å². The van der Waals surface area contributed by atoms with Gasteiger partial charge in [0.15, 0.2) is 11.5 Å². The molecular weight excluding hydrogens is 326 g/mol. The molecule has 0 aliphatic carbocycles. The highest BCUT2D eigenvalue weighted by molar-refractivity contribution is 5.93. The van der Waals surface area contributed by atoms with Crippen molar-refractivity contribution in [2.75, 3.05) is 13.6 Å². The van der Waals surface area contributed by atoms with E-state index < -0.39 is 11.7 Å². The van der Waals surface area contributed by atoms with E-state index in [1.54, 1.807) is 40.0 Å². The van der Waals surface area contributed by atoms with Crippen LogP contribution in [-0.4, -0.2) is 47.3 Å². The Bertz CT molecular complexity index is 715. The summed E-state index contributed by atoms with van der Waals surface area (Å²) < 4.78 is 15.5. The van der Waals surface area contributed by atoms with E-state index in [1.807, 2.05) is 6.92 Å². The molecule has 2 amide bonds. The number of furan rings is 1. The van der Waals surface area contributed by atoms with Crippen LogP contribution in [0.3, 0.4) is 0 Å². The first kappa shape index (κ1) is 18.6. The van der Waals surface area contributed by atoms with Crippen LogP contribution in [0, 0.1) is 0 Å². The van der Waals surface area contributed by atoms with Gasteiger partial charge < -0.3 is 23.9 Å². The summed E-state index contributed by atoms with van der Waals surface area (Å²) in [7, 11) is 1.63. The molecule has 136 valence electrons. The average molecular weight is 349 g/mol. The van der Waals surface area contributed by atoms with E-state index in [0.29, 0.717) is 11.5 Å². The van der Waals surface area contributed by atoms with Gasteiger partial charge in [-0.1, -0.05) is 5.16 Å². The van der Waals surface area contributed by atoms with Crippen LogP contribution in [0.5, 0.6) is 0 Å². The fourth-order valence-electron chi connectivity index (χ4n) is 1.97. The maximum Gasteiger partial charge on any atom is 0.407 e. The molecule has 2 aromatic rings. The Balaban J connectivity index is 1.92. The minimum Gasteiger partial charge on any atom is -0.461 e. The molecule has 0 bridgehead atoms. The van der Waals surface area contributed by atoms with Gasteiger partial charge in [0.1, 0.15) is 5.60 Å². The van der Waals surface area contributed by atoms with Crippen molar-refractivity contribution in [3.8, 4) is 11.5 Å². The molecule has 0 aliphatic heterocycles. The van der Waals surface area contributed by atoms with E-state index in [4.69, 9.17) is 13.7 Å². The first-order chi connectivity index (χ1) is 11.7. The summed E-state index contributed by atoms with van der Waals surface area (Å²) in [5.74, 6) is 0.551. The first-order valence-corrected chi connectivity index (χ1v) is 7.92. The number of ether oxygens (including phenoxy) is 1. The van der Waals surface area contributed by atoms with E-state index in [1.165, 1.54) is 17.2 Å². The molecule has 25 heavy (non-hydrogen) atoms. The molecule has 0 aromatic carbocycles. The monoisotopic (exact) mass is 349 g/mol. The second-order valence-electron chi connectivity index (χ2n) is 6.70. The number of hydrogen-bond acceptors (Lipinski definition) is 6. The lowest BCUT2D eigenvalue weighted by Gasteiger charge is -2.25. The zero-order chi connectivity index (χ0) is 18.6. The third-order valence-electron chi connectivity index (χ3n) is 3.42. The lowest BCUT2D eigenvalue weighted by Crippen LogP contribution is -2.44. The molecule has 0 radical (unpaired) electrons. The number of hydrogen-bond donors (Lipinski definition) is 1. The molecule has 8 heteroatoms. The van der Waals surface area contributed by atoms with Crippen molar-refractivity contribution < 1.29 is 23.3 Å². The van der Waals surface area contributed by atoms with Crippen molar-refractivity contribution in [1.29, 1.82) is 0 Å². The number of amides is 2. The second kappa shape index (κ2) is 7.42. The van der Waals surface area contributed by atoms with Gasteiger partial charge in [0.25, 0.3) is 5.91 Å². The van der Waals surface area contributed by atoms with E-state index in [2.05, 4.69) is 10.5 Å². The number of likely N-dealkylation sites (N-methyl/N-ethyl adjacent to an activating group) is 1. The van der Waals surface area contributed by atoms with Gasteiger partial charge in [0.2, 0.25) is 5.76 Å². The van der Waals surface area contributed by atoms with Crippen LogP contribution in [0.15, 0.2) is 33.4 Å². The second-order valence-corrected chi connectivity index (χ2v) is 6.70. The minimum atomic E-state index is -0.571. The fourth-order valence-corrected chi connectivity index (χ4v) is 1.97. The van der Waals surface area contributed by atoms with Gasteiger partial charge in [-0.3, -0.25) is 4.79 Å². The third-order valence-corrected chi connectivity index (χ3v) is 3.42.